The van der Waals surface area contributed by atoms with Gasteiger partial charge in [-0.3, -0.25) is 5.10 Å². The van der Waals surface area contributed by atoms with E-state index in [1.54, 1.807) is 25.4 Å². The number of hydrogen-bond acceptors (Lipinski definition) is 4. The Kier molecular flexibility index (Phi) is 2.14. The molecule has 2 heterocycles. The van der Waals surface area contributed by atoms with Gasteiger partial charge in [0.1, 0.15) is 0 Å². The van der Waals surface area contributed by atoms with Crippen LogP contribution in [0, 0.1) is 0 Å². The summed E-state index contributed by atoms with van der Waals surface area (Å²) in [5, 5.41) is 7.46. The number of aromatic nitrogens is 3. The maximum atomic E-state index is 11.3. The van der Waals surface area contributed by atoms with Crippen LogP contribution in [0.4, 0.5) is 0 Å². The van der Waals surface area contributed by atoms with Crippen molar-refractivity contribution in [1.29, 1.82) is 0 Å². The van der Waals surface area contributed by atoms with Crippen LogP contribution in [0.2, 0.25) is 0 Å². The summed E-state index contributed by atoms with van der Waals surface area (Å²) in [7, 11) is 0. The third-order valence-corrected chi connectivity index (χ3v) is 1.81. The third-order valence-electron chi connectivity index (χ3n) is 1.81. The Morgan fingerprint density at radius 1 is 1.57 bits per heavy atom. The molecule has 0 aromatic carbocycles. The summed E-state index contributed by atoms with van der Waals surface area (Å²) in [4.78, 5) is 15.3. The number of hydrogen-bond donors (Lipinski definition) is 1. The number of esters is 1. The monoisotopic (exact) mass is 191 g/mol. The molecule has 0 radical (unpaired) electrons. The van der Waals surface area contributed by atoms with E-state index in [-0.39, 0.29) is 0 Å². The number of carbonyl (C=O) groups is 1. The molecule has 0 aliphatic heterocycles. The van der Waals surface area contributed by atoms with Gasteiger partial charge in [-0.2, -0.15) is 5.10 Å². The lowest BCUT2D eigenvalue weighted by molar-refractivity contribution is 0.0519. The molecule has 0 saturated heterocycles. The lowest BCUT2D eigenvalue weighted by Crippen LogP contribution is -2.06. The number of rotatable bonds is 2. The summed E-state index contributed by atoms with van der Waals surface area (Å²) in [5.74, 6) is -0.413. The Morgan fingerprint density at radius 2 is 2.43 bits per heavy atom. The number of nitrogens with one attached hydrogen (secondary N) is 1. The second-order valence-electron chi connectivity index (χ2n) is 2.75. The normalized spacial score (nSPS) is 10.4. The molecular formula is C9H9N3O2. The molecule has 0 fully saturated rings. The lowest BCUT2D eigenvalue weighted by atomic mass is 10.3. The zero-order valence-electron chi connectivity index (χ0n) is 7.65. The van der Waals surface area contributed by atoms with Gasteiger partial charge in [0.25, 0.3) is 0 Å². The summed E-state index contributed by atoms with van der Waals surface area (Å²) in [6.45, 7) is 2.11. The first-order valence-corrected chi connectivity index (χ1v) is 4.27. The smallest absolute Gasteiger partial charge is 0.356 e. The van der Waals surface area contributed by atoms with E-state index in [0.29, 0.717) is 12.3 Å². The van der Waals surface area contributed by atoms with Crippen LogP contribution in [0.1, 0.15) is 17.4 Å². The maximum Gasteiger partial charge on any atom is 0.356 e. The number of aromatic amines is 1. The second-order valence-corrected chi connectivity index (χ2v) is 2.75. The SMILES string of the molecule is CCOC(=O)c1cc2[nH]ncc2cn1. The summed E-state index contributed by atoms with van der Waals surface area (Å²) in [6.07, 6.45) is 3.24. The molecule has 0 aliphatic rings. The van der Waals surface area contributed by atoms with Crippen LogP contribution in [0.25, 0.3) is 10.9 Å². The van der Waals surface area contributed by atoms with Crippen molar-refractivity contribution >= 4 is 16.9 Å². The van der Waals surface area contributed by atoms with Crippen molar-refractivity contribution in [3.63, 3.8) is 0 Å². The highest BCUT2D eigenvalue weighted by Gasteiger charge is 2.08. The second kappa shape index (κ2) is 3.45. The Hall–Kier alpha value is -1.91. The molecule has 0 atom stereocenters. The molecular weight excluding hydrogens is 182 g/mol. The molecule has 72 valence electrons. The number of carbonyl (C=O) groups excluding carboxylic acids is 1. The van der Waals surface area contributed by atoms with Crippen molar-refractivity contribution in [2.24, 2.45) is 0 Å². The van der Waals surface area contributed by atoms with Crippen LogP contribution in [0.15, 0.2) is 18.5 Å². The largest absolute Gasteiger partial charge is 0.461 e. The van der Waals surface area contributed by atoms with Gasteiger partial charge < -0.3 is 4.74 Å². The molecule has 0 bridgehead atoms. The van der Waals surface area contributed by atoms with Crippen molar-refractivity contribution in [1.82, 2.24) is 15.2 Å². The zero-order chi connectivity index (χ0) is 9.97. The van der Waals surface area contributed by atoms with Crippen LogP contribution in [-0.2, 0) is 4.74 Å². The van der Waals surface area contributed by atoms with E-state index >= 15 is 0 Å². The topological polar surface area (TPSA) is 67.9 Å². The first kappa shape index (κ1) is 8.68. The van der Waals surface area contributed by atoms with Crippen molar-refractivity contribution in [3.05, 3.63) is 24.2 Å². The van der Waals surface area contributed by atoms with Gasteiger partial charge in [0, 0.05) is 11.6 Å². The van der Waals surface area contributed by atoms with Crippen molar-refractivity contribution < 1.29 is 9.53 Å². The Bertz CT molecular complexity index is 464. The van der Waals surface area contributed by atoms with Crippen molar-refractivity contribution in [3.8, 4) is 0 Å². The van der Waals surface area contributed by atoms with Crippen LogP contribution in [0.5, 0.6) is 0 Å². The average molecular weight is 191 g/mol. The van der Waals surface area contributed by atoms with Gasteiger partial charge in [-0.05, 0) is 13.0 Å². The van der Waals surface area contributed by atoms with Crippen LogP contribution < -0.4 is 0 Å². The molecule has 0 spiro atoms. The number of nitrogens with zero attached hydrogens (tertiary/aromatic N) is 2. The van der Waals surface area contributed by atoms with Crippen molar-refractivity contribution in [2.45, 2.75) is 6.92 Å². The lowest BCUT2D eigenvalue weighted by Gasteiger charge is -1.99. The fourth-order valence-corrected chi connectivity index (χ4v) is 1.15. The van der Waals surface area contributed by atoms with Crippen LogP contribution in [-0.4, -0.2) is 27.8 Å². The molecule has 5 nitrogen and oxygen atoms in total. The average Bonchev–Trinajstić information content (AvgIpc) is 2.64. The molecule has 0 aliphatic carbocycles. The number of H-pyrrole nitrogens is 1. The fourth-order valence-electron chi connectivity index (χ4n) is 1.15. The number of fused-ring (bicyclic) bond motifs is 1. The first-order valence-electron chi connectivity index (χ1n) is 4.27. The highest BCUT2D eigenvalue weighted by molar-refractivity contribution is 5.91. The summed E-state index contributed by atoms with van der Waals surface area (Å²) in [5.41, 5.74) is 1.08. The molecule has 0 amide bonds. The number of ether oxygens (including phenoxy) is 1. The van der Waals surface area contributed by atoms with E-state index < -0.39 is 5.97 Å². The minimum absolute atomic E-state index is 0.295. The van der Waals surface area contributed by atoms with Gasteiger partial charge >= 0.3 is 5.97 Å². The molecule has 14 heavy (non-hydrogen) atoms. The van der Waals surface area contributed by atoms with Gasteiger partial charge in [-0.25, -0.2) is 9.78 Å². The standard InChI is InChI=1S/C9H9N3O2/c1-2-14-9(13)8-3-7-6(4-10-8)5-11-12-7/h3-5H,2H2,1H3,(H,11,12). The van der Waals surface area contributed by atoms with E-state index in [2.05, 4.69) is 15.2 Å². The first-order chi connectivity index (χ1) is 6.81. The molecule has 0 saturated carbocycles. The highest BCUT2D eigenvalue weighted by Crippen LogP contribution is 2.10. The van der Waals surface area contributed by atoms with Gasteiger partial charge in [0.05, 0.1) is 18.3 Å². The summed E-state index contributed by atoms with van der Waals surface area (Å²) >= 11 is 0. The Balaban J connectivity index is 2.38. The van der Waals surface area contributed by atoms with Gasteiger partial charge in [-0.1, -0.05) is 0 Å². The maximum absolute atomic E-state index is 11.3. The van der Waals surface area contributed by atoms with E-state index in [4.69, 9.17) is 4.74 Å². The van der Waals surface area contributed by atoms with E-state index in [1.807, 2.05) is 0 Å². The van der Waals surface area contributed by atoms with E-state index in [1.165, 1.54) is 0 Å². The van der Waals surface area contributed by atoms with Gasteiger partial charge in [0.2, 0.25) is 0 Å². The van der Waals surface area contributed by atoms with Gasteiger partial charge in [0.15, 0.2) is 5.69 Å². The highest BCUT2D eigenvalue weighted by atomic mass is 16.5. The molecule has 1 N–H and O–H groups in total. The number of pyridine rings is 1. The van der Waals surface area contributed by atoms with Crippen molar-refractivity contribution in [2.75, 3.05) is 6.61 Å². The van der Waals surface area contributed by atoms with Crippen LogP contribution in [0.3, 0.4) is 0 Å². The molecule has 2 rings (SSSR count). The predicted molar refractivity (Wildman–Crippen MR) is 49.8 cm³/mol. The summed E-state index contributed by atoms with van der Waals surface area (Å²) in [6, 6.07) is 1.63. The quantitative estimate of drug-likeness (QED) is 0.722. The van der Waals surface area contributed by atoms with Gasteiger partial charge in [-0.15, -0.1) is 0 Å². The molecule has 2 aromatic heterocycles. The molecule has 0 unspecified atom stereocenters. The molecule has 5 heteroatoms. The Morgan fingerprint density at radius 3 is 3.21 bits per heavy atom. The molecule has 2 aromatic rings. The van der Waals surface area contributed by atoms with E-state index in [0.717, 1.165) is 10.9 Å². The zero-order valence-corrected chi connectivity index (χ0v) is 7.65. The minimum atomic E-state index is -0.413. The summed E-state index contributed by atoms with van der Waals surface area (Å²) < 4.78 is 4.82. The third kappa shape index (κ3) is 1.44. The fraction of sp³-hybridized carbons (Fsp3) is 0.222. The predicted octanol–water partition coefficient (Wildman–Crippen LogP) is 1.13. The minimum Gasteiger partial charge on any atom is -0.461 e. The van der Waals surface area contributed by atoms with Crippen LogP contribution >= 0.6 is 0 Å². The van der Waals surface area contributed by atoms with E-state index in [9.17, 15) is 4.79 Å². The Labute approximate surface area is 80.1 Å².